The average Bonchev–Trinajstić information content (AvgIpc) is 2.60. The molecule has 0 heterocycles. The van der Waals surface area contributed by atoms with Crippen LogP contribution in [0.4, 0.5) is 0 Å². The molecule has 124 valence electrons. The third-order valence-electron chi connectivity index (χ3n) is 3.06. The summed E-state index contributed by atoms with van der Waals surface area (Å²) in [6.45, 7) is 13.0. The second kappa shape index (κ2) is 19.0. The molecule has 0 aromatic heterocycles. The van der Waals surface area contributed by atoms with Crippen LogP contribution in [0.15, 0.2) is 24.3 Å². The molecule has 1 aliphatic carbocycles. The quantitative estimate of drug-likeness (QED) is 0.573. The Morgan fingerprint density at radius 3 is 1.62 bits per heavy atom. The van der Waals surface area contributed by atoms with Gasteiger partial charge in [-0.05, 0) is 25.0 Å². The molecule has 1 fully saturated rings. The van der Waals surface area contributed by atoms with Gasteiger partial charge >= 0.3 is 0 Å². The van der Waals surface area contributed by atoms with Gasteiger partial charge in [0.15, 0.2) is 0 Å². The molecule has 0 spiro atoms. The lowest BCUT2D eigenvalue weighted by Gasteiger charge is -2.06. The van der Waals surface area contributed by atoms with Crippen molar-refractivity contribution < 1.29 is 4.74 Å². The van der Waals surface area contributed by atoms with Gasteiger partial charge in [0.2, 0.25) is 0 Å². The average molecular weight is 295 g/mol. The van der Waals surface area contributed by atoms with E-state index in [1.165, 1.54) is 44.1 Å². The first-order valence-corrected chi connectivity index (χ1v) is 9.03. The molecular formula is C20H38O. The fourth-order valence-corrected chi connectivity index (χ4v) is 1.99. The van der Waals surface area contributed by atoms with Crippen molar-refractivity contribution in [1.29, 1.82) is 0 Å². The van der Waals surface area contributed by atoms with Crippen LogP contribution < -0.4 is 4.74 Å². The minimum Gasteiger partial charge on any atom is -0.493 e. The van der Waals surface area contributed by atoms with Crippen molar-refractivity contribution in [1.82, 2.24) is 0 Å². The standard InChI is InChI=1S/C10H14O.C6H12.2C2H6/c1-3-8-11-10-7-5-4-6-9(10)2;1-2-4-6-5-3-1;2*1-2/h4-7H,3,8H2,1-2H3;1-6H2;2*1-2H3. The van der Waals surface area contributed by atoms with Crippen LogP contribution in [-0.2, 0) is 0 Å². The van der Waals surface area contributed by atoms with Crippen molar-refractivity contribution in [3.05, 3.63) is 29.8 Å². The van der Waals surface area contributed by atoms with E-state index in [1.54, 1.807) is 0 Å². The SMILES string of the molecule is C1CCCCC1.CC.CC.CCCOc1ccccc1C. The van der Waals surface area contributed by atoms with E-state index in [-0.39, 0.29) is 0 Å². The van der Waals surface area contributed by atoms with Crippen molar-refractivity contribution in [3.8, 4) is 5.75 Å². The van der Waals surface area contributed by atoms with Gasteiger partial charge in [0, 0.05) is 0 Å². The lowest BCUT2D eigenvalue weighted by atomic mass is 10.0. The van der Waals surface area contributed by atoms with Crippen LogP contribution >= 0.6 is 0 Å². The zero-order chi connectivity index (χ0) is 16.3. The molecule has 0 atom stereocenters. The highest BCUT2D eigenvalue weighted by Gasteiger charge is 1.95. The Bertz CT molecular complexity index is 278. The molecule has 0 unspecified atom stereocenters. The van der Waals surface area contributed by atoms with Crippen molar-refractivity contribution in [2.24, 2.45) is 0 Å². The Kier molecular flexibility index (Phi) is 20.2. The van der Waals surface area contributed by atoms with E-state index in [0.717, 1.165) is 18.8 Å². The maximum Gasteiger partial charge on any atom is 0.122 e. The number of benzene rings is 1. The third kappa shape index (κ3) is 13.7. The van der Waals surface area contributed by atoms with E-state index in [2.05, 4.69) is 19.9 Å². The molecule has 21 heavy (non-hydrogen) atoms. The molecule has 0 N–H and O–H groups in total. The van der Waals surface area contributed by atoms with Crippen LogP contribution in [0.1, 0.15) is 85.1 Å². The summed E-state index contributed by atoms with van der Waals surface area (Å²) in [5.74, 6) is 1.01. The summed E-state index contributed by atoms with van der Waals surface area (Å²) in [5.41, 5.74) is 1.21. The van der Waals surface area contributed by atoms with Crippen LogP contribution in [0.2, 0.25) is 0 Å². The Labute approximate surface area is 134 Å². The summed E-state index contributed by atoms with van der Waals surface area (Å²) in [6, 6.07) is 8.09. The van der Waals surface area contributed by atoms with Crippen LogP contribution in [0.25, 0.3) is 0 Å². The Morgan fingerprint density at radius 1 is 0.810 bits per heavy atom. The predicted molar refractivity (Wildman–Crippen MR) is 97.4 cm³/mol. The number of ether oxygens (including phenoxy) is 1. The van der Waals surface area contributed by atoms with Crippen molar-refractivity contribution >= 4 is 0 Å². The minimum atomic E-state index is 0.810. The van der Waals surface area contributed by atoms with Crippen molar-refractivity contribution in [2.45, 2.75) is 86.5 Å². The van der Waals surface area contributed by atoms with Gasteiger partial charge < -0.3 is 4.74 Å². The number of hydrogen-bond acceptors (Lipinski definition) is 1. The maximum absolute atomic E-state index is 5.49. The highest BCUT2D eigenvalue weighted by Crippen LogP contribution is 2.16. The number of aryl methyl sites for hydroxylation is 1. The normalized spacial score (nSPS) is 12.5. The van der Waals surface area contributed by atoms with Crippen molar-refractivity contribution in [3.63, 3.8) is 0 Å². The van der Waals surface area contributed by atoms with Gasteiger partial charge in [-0.25, -0.2) is 0 Å². The molecule has 0 saturated heterocycles. The minimum absolute atomic E-state index is 0.810. The topological polar surface area (TPSA) is 9.23 Å². The summed E-state index contributed by atoms with van der Waals surface area (Å²) >= 11 is 0. The van der Waals surface area contributed by atoms with Gasteiger partial charge in [-0.3, -0.25) is 0 Å². The maximum atomic E-state index is 5.49. The molecule has 1 saturated carbocycles. The number of hydrogen-bond donors (Lipinski definition) is 0. The molecule has 0 amide bonds. The largest absolute Gasteiger partial charge is 0.493 e. The highest BCUT2D eigenvalue weighted by molar-refractivity contribution is 5.31. The van der Waals surface area contributed by atoms with Crippen molar-refractivity contribution in [2.75, 3.05) is 6.61 Å². The molecule has 1 heteroatoms. The van der Waals surface area contributed by atoms with Crippen LogP contribution in [0, 0.1) is 6.92 Å². The molecule has 1 aliphatic rings. The lowest BCUT2D eigenvalue weighted by molar-refractivity contribution is 0.315. The van der Waals surface area contributed by atoms with Gasteiger partial charge in [-0.2, -0.15) is 0 Å². The van der Waals surface area contributed by atoms with Gasteiger partial charge in [0.05, 0.1) is 6.61 Å². The third-order valence-corrected chi connectivity index (χ3v) is 3.06. The molecular weight excluding hydrogens is 256 g/mol. The van der Waals surface area contributed by atoms with E-state index < -0.39 is 0 Å². The van der Waals surface area contributed by atoms with E-state index in [0.29, 0.717) is 0 Å². The fourth-order valence-electron chi connectivity index (χ4n) is 1.99. The Balaban J connectivity index is 0. The van der Waals surface area contributed by atoms with Gasteiger partial charge in [0.25, 0.3) is 0 Å². The van der Waals surface area contributed by atoms with Crippen LogP contribution in [0.3, 0.4) is 0 Å². The molecule has 0 aliphatic heterocycles. The lowest BCUT2D eigenvalue weighted by Crippen LogP contribution is -1.95. The molecule has 1 aromatic carbocycles. The summed E-state index contributed by atoms with van der Waals surface area (Å²) in [6.07, 6.45) is 10.1. The Hall–Kier alpha value is -0.980. The molecule has 0 radical (unpaired) electrons. The number of para-hydroxylation sites is 1. The van der Waals surface area contributed by atoms with Gasteiger partial charge in [0.1, 0.15) is 5.75 Å². The van der Waals surface area contributed by atoms with E-state index >= 15 is 0 Å². The monoisotopic (exact) mass is 294 g/mol. The summed E-state index contributed by atoms with van der Waals surface area (Å²) in [7, 11) is 0. The molecule has 0 bridgehead atoms. The predicted octanol–water partition coefficient (Wildman–Crippen LogP) is 7.18. The highest BCUT2D eigenvalue weighted by atomic mass is 16.5. The first-order chi connectivity index (χ1) is 10.3. The van der Waals surface area contributed by atoms with Gasteiger partial charge in [-0.1, -0.05) is 91.3 Å². The van der Waals surface area contributed by atoms with Crippen LogP contribution in [-0.4, -0.2) is 6.61 Å². The molecule has 2 rings (SSSR count). The zero-order valence-corrected chi connectivity index (χ0v) is 15.4. The van der Waals surface area contributed by atoms with E-state index in [4.69, 9.17) is 4.74 Å². The summed E-state index contributed by atoms with van der Waals surface area (Å²) < 4.78 is 5.49. The fraction of sp³-hybridized carbons (Fsp3) is 0.700. The molecule has 1 nitrogen and oxygen atoms in total. The Morgan fingerprint density at radius 2 is 1.24 bits per heavy atom. The smallest absolute Gasteiger partial charge is 0.122 e. The number of rotatable bonds is 3. The second-order valence-electron chi connectivity index (χ2n) is 4.74. The zero-order valence-electron chi connectivity index (χ0n) is 15.4. The summed E-state index contributed by atoms with van der Waals surface area (Å²) in [5, 5.41) is 0. The summed E-state index contributed by atoms with van der Waals surface area (Å²) in [4.78, 5) is 0. The molecule has 1 aromatic rings. The second-order valence-corrected chi connectivity index (χ2v) is 4.74. The first kappa shape index (κ1) is 22.3. The van der Waals surface area contributed by atoms with Gasteiger partial charge in [-0.15, -0.1) is 0 Å². The first-order valence-electron chi connectivity index (χ1n) is 9.03. The van der Waals surface area contributed by atoms with E-state index in [9.17, 15) is 0 Å². The van der Waals surface area contributed by atoms with E-state index in [1.807, 2.05) is 45.9 Å². The van der Waals surface area contributed by atoms with Crippen LogP contribution in [0.5, 0.6) is 5.75 Å².